The molecule has 0 aliphatic rings. The maximum Gasteiger partial charge on any atom is 0.255 e. The van der Waals surface area contributed by atoms with E-state index in [0.717, 1.165) is 25.1 Å². The summed E-state index contributed by atoms with van der Waals surface area (Å²) in [6, 6.07) is 3.81. The van der Waals surface area contributed by atoms with E-state index in [1.807, 2.05) is 23.6 Å². The quantitative estimate of drug-likeness (QED) is 0.829. The lowest BCUT2D eigenvalue weighted by Crippen LogP contribution is -2.28. The average Bonchev–Trinajstić information content (AvgIpc) is 2.25. The summed E-state index contributed by atoms with van der Waals surface area (Å²) in [5, 5.41) is 0. The highest BCUT2D eigenvalue weighted by atomic mass is 16.1. The SMILES string of the molecule is CCCC(C)Cn1c(C)ccc(CN)c1=O. The van der Waals surface area contributed by atoms with Crippen LogP contribution in [0.5, 0.6) is 0 Å². The number of hydrogen-bond acceptors (Lipinski definition) is 2. The number of rotatable bonds is 5. The Balaban J connectivity index is 2.98. The van der Waals surface area contributed by atoms with Gasteiger partial charge in [0.05, 0.1) is 0 Å². The first-order chi connectivity index (χ1) is 7.60. The second kappa shape index (κ2) is 5.85. The summed E-state index contributed by atoms with van der Waals surface area (Å²) in [6.07, 6.45) is 2.31. The predicted octanol–water partition coefficient (Wildman–Crippen LogP) is 2.05. The molecule has 1 heterocycles. The van der Waals surface area contributed by atoms with Crippen molar-refractivity contribution in [1.82, 2.24) is 4.57 Å². The van der Waals surface area contributed by atoms with Gasteiger partial charge in [0.25, 0.3) is 5.56 Å². The summed E-state index contributed by atoms with van der Waals surface area (Å²) in [5.41, 5.74) is 7.34. The molecule has 2 N–H and O–H groups in total. The van der Waals surface area contributed by atoms with Crippen LogP contribution in [-0.4, -0.2) is 4.57 Å². The normalized spacial score (nSPS) is 12.8. The standard InChI is InChI=1S/C13H22N2O/c1-4-5-10(2)9-15-11(3)6-7-12(8-14)13(15)16/h6-7,10H,4-5,8-9,14H2,1-3H3. The van der Waals surface area contributed by atoms with Crippen molar-refractivity contribution in [1.29, 1.82) is 0 Å². The molecule has 90 valence electrons. The molecular formula is C13H22N2O. The van der Waals surface area contributed by atoms with E-state index in [0.29, 0.717) is 18.0 Å². The second-order valence-electron chi connectivity index (χ2n) is 4.51. The Kier molecular flexibility index (Phi) is 4.74. The van der Waals surface area contributed by atoms with Gasteiger partial charge in [-0.3, -0.25) is 4.79 Å². The minimum atomic E-state index is 0.0745. The smallest absolute Gasteiger partial charge is 0.255 e. The van der Waals surface area contributed by atoms with Crippen molar-refractivity contribution in [2.75, 3.05) is 0 Å². The van der Waals surface area contributed by atoms with Crippen molar-refractivity contribution >= 4 is 0 Å². The fourth-order valence-electron chi connectivity index (χ4n) is 1.99. The topological polar surface area (TPSA) is 48.0 Å². The number of hydrogen-bond donors (Lipinski definition) is 1. The maximum absolute atomic E-state index is 12.0. The zero-order valence-corrected chi connectivity index (χ0v) is 10.5. The predicted molar refractivity (Wildman–Crippen MR) is 67.4 cm³/mol. The van der Waals surface area contributed by atoms with Gasteiger partial charge in [0.2, 0.25) is 0 Å². The lowest BCUT2D eigenvalue weighted by Gasteiger charge is -2.16. The first kappa shape index (κ1) is 13.0. The van der Waals surface area contributed by atoms with E-state index < -0.39 is 0 Å². The molecule has 0 radical (unpaired) electrons. The van der Waals surface area contributed by atoms with Crippen molar-refractivity contribution in [3.05, 3.63) is 33.7 Å². The zero-order chi connectivity index (χ0) is 12.1. The molecular weight excluding hydrogens is 200 g/mol. The van der Waals surface area contributed by atoms with Crippen LogP contribution >= 0.6 is 0 Å². The summed E-state index contributed by atoms with van der Waals surface area (Å²) in [6.45, 7) is 7.45. The van der Waals surface area contributed by atoms with E-state index in [2.05, 4.69) is 13.8 Å². The highest BCUT2D eigenvalue weighted by molar-refractivity contribution is 5.15. The molecule has 1 aromatic heterocycles. The Hall–Kier alpha value is -1.09. The van der Waals surface area contributed by atoms with Crippen LogP contribution < -0.4 is 11.3 Å². The molecule has 0 aromatic carbocycles. The van der Waals surface area contributed by atoms with Crippen LogP contribution in [-0.2, 0) is 13.1 Å². The van der Waals surface area contributed by atoms with E-state index >= 15 is 0 Å². The molecule has 0 aliphatic carbocycles. The van der Waals surface area contributed by atoms with Crippen molar-refractivity contribution in [2.45, 2.75) is 46.7 Å². The molecule has 1 rings (SSSR count). The van der Waals surface area contributed by atoms with E-state index in [4.69, 9.17) is 5.73 Å². The Morgan fingerprint density at radius 1 is 1.44 bits per heavy atom. The fourth-order valence-corrected chi connectivity index (χ4v) is 1.99. The molecule has 1 unspecified atom stereocenters. The number of nitrogens with zero attached hydrogens (tertiary/aromatic N) is 1. The highest BCUT2D eigenvalue weighted by Crippen LogP contribution is 2.09. The Labute approximate surface area is 97.3 Å². The summed E-state index contributed by atoms with van der Waals surface area (Å²) in [5.74, 6) is 0.537. The molecule has 0 saturated carbocycles. The molecule has 0 bridgehead atoms. The lowest BCUT2D eigenvalue weighted by molar-refractivity contribution is 0.432. The minimum Gasteiger partial charge on any atom is -0.326 e. The number of nitrogens with two attached hydrogens (primary N) is 1. The van der Waals surface area contributed by atoms with Gasteiger partial charge < -0.3 is 10.3 Å². The molecule has 0 saturated heterocycles. The van der Waals surface area contributed by atoms with Crippen LogP contribution in [0.2, 0.25) is 0 Å². The third kappa shape index (κ3) is 2.95. The van der Waals surface area contributed by atoms with Crippen molar-refractivity contribution in [2.24, 2.45) is 11.7 Å². The van der Waals surface area contributed by atoms with Gasteiger partial charge in [0.1, 0.15) is 0 Å². The monoisotopic (exact) mass is 222 g/mol. The summed E-state index contributed by atoms with van der Waals surface area (Å²) in [7, 11) is 0. The van der Waals surface area contributed by atoms with Gasteiger partial charge in [-0.25, -0.2) is 0 Å². The number of aryl methyl sites for hydroxylation is 1. The van der Waals surface area contributed by atoms with E-state index in [-0.39, 0.29) is 5.56 Å². The summed E-state index contributed by atoms with van der Waals surface area (Å²) in [4.78, 5) is 12.0. The average molecular weight is 222 g/mol. The van der Waals surface area contributed by atoms with Gasteiger partial charge in [-0.15, -0.1) is 0 Å². The van der Waals surface area contributed by atoms with Crippen LogP contribution in [0.25, 0.3) is 0 Å². The Morgan fingerprint density at radius 3 is 2.69 bits per heavy atom. The molecule has 0 fully saturated rings. The van der Waals surface area contributed by atoms with Gasteiger partial charge >= 0.3 is 0 Å². The first-order valence-corrected chi connectivity index (χ1v) is 5.99. The molecule has 0 aliphatic heterocycles. The Morgan fingerprint density at radius 2 is 2.12 bits per heavy atom. The third-order valence-electron chi connectivity index (χ3n) is 2.97. The molecule has 1 aromatic rings. The van der Waals surface area contributed by atoms with Crippen LogP contribution in [0.4, 0.5) is 0 Å². The molecule has 1 atom stereocenters. The van der Waals surface area contributed by atoms with E-state index in [1.165, 1.54) is 0 Å². The summed E-state index contributed by atoms with van der Waals surface area (Å²) < 4.78 is 1.85. The van der Waals surface area contributed by atoms with Crippen LogP contribution in [0.1, 0.15) is 37.9 Å². The van der Waals surface area contributed by atoms with E-state index in [1.54, 1.807) is 0 Å². The van der Waals surface area contributed by atoms with Crippen molar-refractivity contribution < 1.29 is 0 Å². The number of aromatic nitrogens is 1. The van der Waals surface area contributed by atoms with Crippen LogP contribution in [0.3, 0.4) is 0 Å². The molecule has 0 amide bonds. The highest BCUT2D eigenvalue weighted by Gasteiger charge is 2.08. The summed E-state index contributed by atoms with van der Waals surface area (Å²) >= 11 is 0. The van der Waals surface area contributed by atoms with Gasteiger partial charge in [-0.05, 0) is 25.3 Å². The van der Waals surface area contributed by atoms with Gasteiger partial charge in [-0.2, -0.15) is 0 Å². The van der Waals surface area contributed by atoms with Crippen LogP contribution in [0, 0.1) is 12.8 Å². The Bertz CT molecular complexity index is 395. The number of pyridine rings is 1. The second-order valence-corrected chi connectivity index (χ2v) is 4.51. The van der Waals surface area contributed by atoms with Crippen LogP contribution in [0.15, 0.2) is 16.9 Å². The van der Waals surface area contributed by atoms with Gasteiger partial charge in [0, 0.05) is 24.3 Å². The third-order valence-corrected chi connectivity index (χ3v) is 2.97. The molecule has 3 nitrogen and oxygen atoms in total. The van der Waals surface area contributed by atoms with Gasteiger partial charge in [0.15, 0.2) is 0 Å². The molecule has 16 heavy (non-hydrogen) atoms. The van der Waals surface area contributed by atoms with Gasteiger partial charge in [-0.1, -0.05) is 26.3 Å². The minimum absolute atomic E-state index is 0.0745. The molecule has 0 spiro atoms. The van der Waals surface area contributed by atoms with Crippen molar-refractivity contribution in [3.63, 3.8) is 0 Å². The van der Waals surface area contributed by atoms with Crippen molar-refractivity contribution in [3.8, 4) is 0 Å². The first-order valence-electron chi connectivity index (χ1n) is 5.99. The molecule has 3 heteroatoms. The fraction of sp³-hybridized carbons (Fsp3) is 0.615. The zero-order valence-electron chi connectivity index (χ0n) is 10.5. The maximum atomic E-state index is 12.0. The largest absolute Gasteiger partial charge is 0.326 e. The lowest BCUT2D eigenvalue weighted by atomic mass is 10.1. The van der Waals surface area contributed by atoms with E-state index in [9.17, 15) is 4.79 Å².